The van der Waals surface area contributed by atoms with Crippen LogP contribution >= 0.6 is 11.3 Å². The molecule has 4 heterocycles. The molecular formula is C21H27N5O2S. The van der Waals surface area contributed by atoms with Gasteiger partial charge in [0, 0.05) is 37.0 Å². The van der Waals surface area contributed by atoms with Crippen LogP contribution in [0.25, 0.3) is 10.2 Å². The molecule has 1 aliphatic heterocycles. The zero-order chi connectivity index (χ0) is 20.2. The molecule has 7 nitrogen and oxygen atoms in total. The number of ether oxygens (including phenoxy) is 1. The van der Waals surface area contributed by atoms with Crippen molar-refractivity contribution < 1.29 is 9.84 Å². The second-order valence-corrected chi connectivity index (χ2v) is 8.78. The Morgan fingerprint density at radius 1 is 1.31 bits per heavy atom. The normalized spacial score (nSPS) is 17.3. The highest BCUT2D eigenvalue weighted by molar-refractivity contribution is 7.19. The molecule has 3 aromatic heterocycles. The molecule has 2 unspecified atom stereocenters. The summed E-state index contributed by atoms with van der Waals surface area (Å²) in [5, 5.41) is 17.5. The largest absolute Gasteiger partial charge is 0.381 e. The average Bonchev–Trinajstić information content (AvgIpc) is 3.12. The summed E-state index contributed by atoms with van der Waals surface area (Å²) >= 11 is 1.61. The average molecular weight is 414 g/mol. The first kappa shape index (κ1) is 20.2. The van der Waals surface area contributed by atoms with Crippen LogP contribution in [-0.2, 0) is 4.74 Å². The van der Waals surface area contributed by atoms with Crippen LogP contribution in [0.4, 0.5) is 5.95 Å². The van der Waals surface area contributed by atoms with Gasteiger partial charge in [0.15, 0.2) is 0 Å². The second kappa shape index (κ2) is 9.13. The molecule has 0 aromatic carbocycles. The van der Waals surface area contributed by atoms with Gasteiger partial charge in [0.2, 0.25) is 5.95 Å². The Bertz CT molecular complexity index is 943. The number of nitrogens with one attached hydrogen (secondary N) is 2. The van der Waals surface area contributed by atoms with E-state index in [0.717, 1.165) is 53.3 Å². The molecule has 154 valence electrons. The summed E-state index contributed by atoms with van der Waals surface area (Å²) in [5.41, 5.74) is 2.53. The number of aromatic nitrogens is 3. The van der Waals surface area contributed by atoms with Gasteiger partial charge in [-0.3, -0.25) is 10.3 Å². The lowest BCUT2D eigenvalue weighted by Gasteiger charge is -2.24. The minimum atomic E-state index is -0.837. The highest BCUT2D eigenvalue weighted by atomic mass is 32.1. The van der Waals surface area contributed by atoms with Crippen LogP contribution in [0.3, 0.4) is 0 Å². The van der Waals surface area contributed by atoms with Gasteiger partial charge in [-0.1, -0.05) is 6.07 Å². The second-order valence-electron chi connectivity index (χ2n) is 7.52. The molecule has 2 atom stereocenters. The molecule has 29 heavy (non-hydrogen) atoms. The van der Waals surface area contributed by atoms with Crippen LogP contribution in [0.15, 0.2) is 30.6 Å². The van der Waals surface area contributed by atoms with Crippen LogP contribution in [0.1, 0.15) is 48.2 Å². The molecule has 4 rings (SSSR count). The molecule has 0 bridgehead atoms. The zero-order valence-corrected chi connectivity index (χ0v) is 17.6. The molecule has 1 aliphatic rings. The van der Waals surface area contributed by atoms with Gasteiger partial charge in [0.25, 0.3) is 0 Å². The summed E-state index contributed by atoms with van der Waals surface area (Å²) in [6.45, 7) is 6.43. The summed E-state index contributed by atoms with van der Waals surface area (Å²) in [4.78, 5) is 14.7. The molecule has 3 N–H and O–H groups in total. The van der Waals surface area contributed by atoms with Gasteiger partial charge in [-0.25, -0.2) is 9.97 Å². The summed E-state index contributed by atoms with van der Waals surface area (Å²) in [5.74, 6) is 1.03. The molecule has 1 saturated heterocycles. The number of hydrogen-bond acceptors (Lipinski definition) is 8. The Labute approximate surface area is 174 Å². The topological polar surface area (TPSA) is 92.2 Å². The molecule has 0 aliphatic carbocycles. The Hall–Kier alpha value is -2.13. The van der Waals surface area contributed by atoms with E-state index in [-0.39, 0.29) is 6.04 Å². The van der Waals surface area contributed by atoms with Gasteiger partial charge < -0.3 is 15.2 Å². The number of thiophene rings is 1. The van der Waals surface area contributed by atoms with Crippen LogP contribution < -0.4 is 10.6 Å². The van der Waals surface area contributed by atoms with Crippen LogP contribution in [0.5, 0.6) is 0 Å². The smallest absolute Gasteiger partial charge is 0.224 e. The first-order valence-corrected chi connectivity index (χ1v) is 10.9. The Morgan fingerprint density at radius 3 is 2.90 bits per heavy atom. The van der Waals surface area contributed by atoms with Gasteiger partial charge in [-0.05, 0) is 50.3 Å². The van der Waals surface area contributed by atoms with E-state index < -0.39 is 6.23 Å². The number of anilines is 1. The van der Waals surface area contributed by atoms with E-state index in [4.69, 9.17) is 4.74 Å². The number of hydrogen-bond donors (Lipinski definition) is 3. The van der Waals surface area contributed by atoms with E-state index in [1.165, 1.54) is 0 Å². The lowest BCUT2D eigenvalue weighted by Crippen LogP contribution is -2.31. The number of aryl methyl sites for hydroxylation is 1. The number of aliphatic hydroxyl groups excluding tert-OH is 1. The van der Waals surface area contributed by atoms with Crippen LogP contribution in [0.2, 0.25) is 0 Å². The van der Waals surface area contributed by atoms with Crippen molar-refractivity contribution in [3.8, 4) is 0 Å². The Kier molecular flexibility index (Phi) is 6.34. The van der Waals surface area contributed by atoms with Crippen molar-refractivity contribution >= 4 is 27.5 Å². The third kappa shape index (κ3) is 4.90. The first-order valence-electron chi connectivity index (χ1n) is 10.0. The summed E-state index contributed by atoms with van der Waals surface area (Å²) < 4.78 is 6.34. The molecule has 1 fully saturated rings. The molecule has 3 aromatic rings. The monoisotopic (exact) mass is 413 g/mol. The fourth-order valence-corrected chi connectivity index (χ4v) is 4.52. The maximum Gasteiger partial charge on any atom is 0.224 e. The predicted octanol–water partition coefficient (Wildman–Crippen LogP) is 3.57. The van der Waals surface area contributed by atoms with Crippen molar-refractivity contribution in [1.29, 1.82) is 0 Å². The third-order valence-electron chi connectivity index (χ3n) is 5.25. The Morgan fingerprint density at radius 2 is 2.14 bits per heavy atom. The van der Waals surface area contributed by atoms with E-state index in [9.17, 15) is 5.11 Å². The van der Waals surface area contributed by atoms with Crippen molar-refractivity contribution in [2.24, 2.45) is 5.92 Å². The predicted molar refractivity (Wildman–Crippen MR) is 115 cm³/mol. The van der Waals surface area contributed by atoms with Gasteiger partial charge in [-0.15, -0.1) is 11.3 Å². The highest BCUT2D eigenvalue weighted by Gasteiger charge is 2.21. The number of nitrogens with zero attached hydrogens (tertiary/aromatic N) is 3. The van der Waals surface area contributed by atoms with E-state index >= 15 is 0 Å². The molecule has 0 saturated carbocycles. The Balaban J connectivity index is 1.55. The van der Waals surface area contributed by atoms with E-state index in [2.05, 4.69) is 25.6 Å². The molecule has 8 heteroatoms. The number of fused-ring (bicyclic) bond motifs is 1. The van der Waals surface area contributed by atoms with Gasteiger partial charge in [0.1, 0.15) is 11.9 Å². The van der Waals surface area contributed by atoms with Crippen molar-refractivity contribution in [3.63, 3.8) is 0 Å². The van der Waals surface area contributed by atoms with Crippen molar-refractivity contribution in [1.82, 2.24) is 20.3 Å². The minimum absolute atomic E-state index is 0.000994. The third-order valence-corrected chi connectivity index (χ3v) is 6.31. The van der Waals surface area contributed by atoms with Crippen molar-refractivity contribution in [2.45, 2.75) is 39.0 Å². The lowest BCUT2D eigenvalue weighted by atomic mass is 10.0. The van der Waals surface area contributed by atoms with Gasteiger partial charge >= 0.3 is 0 Å². The fourth-order valence-electron chi connectivity index (χ4n) is 3.56. The quantitative estimate of drug-likeness (QED) is 0.510. The lowest BCUT2D eigenvalue weighted by molar-refractivity contribution is 0.0565. The molecule has 0 radical (unpaired) electrons. The van der Waals surface area contributed by atoms with E-state index in [0.29, 0.717) is 17.6 Å². The molecule has 0 amide bonds. The van der Waals surface area contributed by atoms with Crippen LogP contribution in [0, 0.1) is 12.8 Å². The number of rotatable bonds is 7. The minimum Gasteiger partial charge on any atom is -0.381 e. The van der Waals surface area contributed by atoms with Gasteiger partial charge in [-0.2, -0.15) is 0 Å². The number of pyridine rings is 1. The van der Waals surface area contributed by atoms with Crippen LogP contribution in [-0.4, -0.2) is 39.8 Å². The molecular weight excluding hydrogens is 386 g/mol. The zero-order valence-electron chi connectivity index (χ0n) is 16.8. The first-order chi connectivity index (χ1) is 14.1. The van der Waals surface area contributed by atoms with Crippen molar-refractivity contribution in [3.05, 3.63) is 46.7 Å². The maximum atomic E-state index is 10.9. The van der Waals surface area contributed by atoms with E-state index in [1.807, 2.05) is 38.2 Å². The number of aliphatic hydroxyl groups is 1. The molecule has 0 spiro atoms. The summed E-state index contributed by atoms with van der Waals surface area (Å²) in [6.07, 6.45) is 4.79. The standard InChI is InChI=1S/C21H27N5O2S/c1-13-10-17-19(29-13)18(20(27)23-11-15-5-8-28-9-6-15)26-21(25-17)24-14(2)16-4-3-7-22-12-16/h3-4,7,10,12,14-15,20,23,27H,5-6,8-9,11H2,1-2H3,(H,24,25,26). The summed E-state index contributed by atoms with van der Waals surface area (Å²) in [6, 6.07) is 5.97. The highest BCUT2D eigenvalue weighted by Crippen LogP contribution is 2.31. The van der Waals surface area contributed by atoms with Crippen molar-refractivity contribution in [2.75, 3.05) is 25.1 Å². The summed E-state index contributed by atoms with van der Waals surface area (Å²) in [7, 11) is 0. The fraction of sp³-hybridized carbons (Fsp3) is 0.476. The van der Waals surface area contributed by atoms with E-state index in [1.54, 1.807) is 17.5 Å². The van der Waals surface area contributed by atoms with Gasteiger partial charge in [0.05, 0.1) is 16.3 Å². The maximum absolute atomic E-state index is 10.9. The SMILES string of the molecule is Cc1cc2nc(NC(C)c3cccnc3)nc(C(O)NCC3CCOCC3)c2s1.